The fraction of sp³-hybridized carbons (Fsp3) is 0.350. The summed E-state index contributed by atoms with van der Waals surface area (Å²) < 4.78 is 5.42. The third kappa shape index (κ3) is 4.85. The zero-order valence-electron chi connectivity index (χ0n) is 14.2. The van der Waals surface area contributed by atoms with Gasteiger partial charge in [0, 0.05) is 12.1 Å². The van der Waals surface area contributed by atoms with Crippen molar-refractivity contribution in [2.24, 2.45) is 0 Å². The fourth-order valence-electron chi connectivity index (χ4n) is 2.58. The van der Waals surface area contributed by atoms with Gasteiger partial charge in [0.05, 0.1) is 6.61 Å². The highest BCUT2D eigenvalue weighted by Crippen LogP contribution is 2.21. The summed E-state index contributed by atoms with van der Waals surface area (Å²) in [7, 11) is 0. The quantitative estimate of drug-likeness (QED) is 0.816. The number of para-hydroxylation sites is 1. The van der Waals surface area contributed by atoms with E-state index in [1.807, 2.05) is 50.2 Å². The number of hydrogen-bond donors (Lipinski definition) is 1. The highest BCUT2D eigenvalue weighted by atomic mass is 16.5. The number of carbonyl (C=O) groups is 1. The monoisotopic (exact) mass is 311 g/mol. The first-order chi connectivity index (χ1) is 11.1. The van der Waals surface area contributed by atoms with Crippen LogP contribution < -0.4 is 10.1 Å². The smallest absolute Gasteiger partial charge is 0.224 e. The second-order valence-electron chi connectivity index (χ2n) is 5.59. The average molecular weight is 311 g/mol. The summed E-state index contributed by atoms with van der Waals surface area (Å²) in [5.41, 5.74) is 4.40. The van der Waals surface area contributed by atoms with Crippen molar-refractivity contribution in [3.8, 4) is 5.75 Å². The lowest BCUT2D eigenvalue weighted by atomic mass is 10.1. The van der Waals surface area contributed by atoms with Gasteiger partial charge in [-0.3, -0.25) is 4.79 Å². The van der Waals surface area contributed by atoms with Crippen molar-refractivity contribution in [1.82, 2.24) is 0 Å². The first-order valence-corrected chi connectivity index (χ1v) is 8.24. The summed E-state index contributed by atoms with van der Waals surface area (Å²) >= 11 is 0. The van der Waals surface area contributed by atoms with Gasteiger partial charge in [-0.1, -0.05) is 37.3 Å². The van der Waals surface area contributed by atoms with Gasteiger partial charge in [-0.15, -0.1) is 0 Å². The molecule has 0 aromatic heterocycles. The van der Waals surface area contributed by atoms with Crippen molar-refractivity contribution in [2.45, 2.75) is 40.0 Å². The molecule has 0 atom stereocenters. The number of nitrogens with one attached hydrogen (secondary N) is 1. The fourth-order valence-corrected chi connectivity index (χ4v) is 2.58. The Bertz CT molecular complexity index is 647. The zero-order chi connectivity index (χ0) is 16.7. The molecule has 1 N–H and O–H groups in total. The van der Waals surface area contributed by atoms with E-state index in [0.717, 1.165) is 35.4 Å². The van der Waals surface area contributed by atoms with E-state index in [1.165, 1.54) is 5.56 Å². The number of aryl methyl sites for hydroxylation is 3. The number of anilines is 1. The Labute approximate surface area is 138 Å². The van der Waals surface area contributed by atoms with Gasteiger partial charge in [-0.2, -0.15) is 0 Å². The Morgan fingerprint density at radius 3 is 2.48 bits per heavy atom. The molecule has 1 amide bonds. The molecule has 0 aliphatic rings. The summed E-state index contributed by atoms with van der Waals surface area (Å²) in [6.07, 6.45) is 2.12. The number of rotatable bonds is 7. The Kier molecular flexibility index (Phi) is 6.21. The minimum atomic E-state index is 0.0582. The van der Waals surface area contributed by atoms with Crippen molar-refractivity contribution in [3.05, 3.63) is 59.2 Å². The molecule has 0 radical (unpaired) electrons. The van der Waals surface area contributed by atoms with E-state index in [4.69, 9.17) is 4.74 Å². The number of ether oxygens (including phenoxy) is 1. The maximum Gasteiger partial charge on any atom is 0.224 e. The summed E-state index contributed by atoms with van der Waals surface area (Å²) in [5, 5.41) is 3.07. The molecule has 0 spiro atoms. The Hall–Kier alpha value is -2.29. The van der Waals surface area contributed by atoms with Crippen molar-refractivity contribution in [2.75, 3.05) is 11.9 Å². The van der Waals surface area contributed by atoms with Gasteiger partial charge in [-0.25, -0.2) is 0 Å². The van der Waals surface area contributed by atoms with E-state index < -0.39 is 0 Å². The van der Waals surface area contributed by atoms with Gasteiger partial charge >= 0.3 is 0 Å². The second kappa shape index (κ2) is 8.37. The minimum absolute atomic E-state index is 0.0582. The molecule has 23 heavy (non-hydrogen) atoms. The van der Waals surface area contributed by atoms with Crippen molar-refractivity contribution >= 4 is 11.6 Å². The third-order valence-corrected chi connectivity index (χ3v) is 3.88. The van der Waals surface area contributed by atoms with E-state index in [2.05, 4.69) is 18.3 Å². The summed E-state index contributed by atoms with van der Waals surface area (Å²) in [4.78, 5) is 12.2. The molecular weight excluding hydrogens is 286 g/mol. The van der Waals surface area contributed by atoms with Gasteiger partial charge in [-0.05, 0) is 55.5 Å². The summed E-state index contributed by atoms with van der Waals surface area (Å²) in [5.74, 6) is 0.927. The molecule has 0 heterocycles. The van der Waals surface area contributed by atoms with Crippen LogP contribution in [0.2, 0.25) is 0 Å². The molecule has 0 saturated carbocycles. The van der Waals surface area contributed by atoms with Crippen molar-refractivity contribution in [1.29, 1.82) is 0 Å². The average Bonchev–Trinajstić information content (AvgIpc) is 2.56. The van der Waals surface area contributed by atoms with Crippen LogP contribution in [-0.2, 0) is 17.6 Å². The highest BCUT2D eigenvalue weighted by molar-refractivity contribution is 5.92. The normalized spacial score (nSPS) is 10.4. The predicted molar refractivity (Wildman–Crippen MR) is 95.1 cm³/mol. The summed E-state index contributed by atoms with van der Waals surface area (Å²) in [6.45, 7) is 6.76. The van der Waals surface area contributed by atoms with E-state index in [0.29, 0.717) is 13.0 Å². The molecule has 122 valence electrons. The SMILES string of the molecule is CCOc1ccc(CCC(=O)Nc2c(C)cccc2CC)cc1. The topological polar surface area (TPSA) is 38.3 Å². The molecule has 0 saturated heterocycles. The molecule has 0 fully saturated rings. The van der Waals surface area contributed by atoms with E-state index in [1.54, 1.807) is 0 Å². The van der Waals surface area contributed by atoms with E-state index in [-0.39, 0.29) is 5.91 Å². The molecule has 3 nitrogen and oxygen atoms in total. The van der Waals surface area contributed by atoms with Crippen LogP contribution in [0.1, 0.15) is 37.0 Å². The second-order valence-corrected chi connectivity index (χ2v) is 5.59. The minimum Gasteiger partial charge on any atom is -0.494 e. The van der Waals surface area contributed by atoms with Gasteiger partial charge in [0.2, 0.25) is 5.91 Å². The molecule has 0 unspecified atom stereocenters. The molecule has 0 aliphatic carbocycles. The van der Waals surface area contributed by atoms with Crippen LogP contribution in [0.5, 0.6) is 5.75 Å². The maximum atomic E-state index is 12.2. The largest absolute Gasteiger partial charge is 0.494 e. The molecular formula is C20H25NO2. The Morgan fingerprint density at radius 2 is 1.83 bits per heavy atom. The molecule has 2 aromatic carbocycles. The van der Waals surface area contributed by atoms with Crippen LogP contribution in [0.3, 0.4) is 0 Å². The van der Waals surface area contributed by atoms with E-state index in [9.17, 15) is 4.79 Å². The standard InChI is InChI=1S/C20H25NO2/c1-4-17-8-6-7-15(3)20(17)21-19(22)14-11-16-9-12-18(13-10-16)23-5-2/h6-10,12-13H,4-5,11,14H2,1-3H3,(H,21,22). The lowest BCUT2D eigenvalue weighted by Gasteiger charge is -2.13. The van der Waals surface area contributed by atoms with Crippen molar-refractivity contribution in [3.63, 3.8) is 0 Å². The molecule has 2 rings (SSSR count). The zero-order valence-corrected chi connectivity index (χ0v) is 14.2. The molecule has 0 aliphatic heterocycles. The Morgan fingerprint density at radius 1 is 1.09 bits per heavy atom. The lowest BCUT2D eigenvalue weighted by molar-refractivity contribution is -0.116. The van der Waals surface area contributed by atoms with Gasteiger partial charge < -0.3 is 10.1 Å². The maximum absolute atomic E-state index is 12.2. The number of carbonyl (C=O) groups excluding carboxylic acids is 1. The summed E-state index contributed by atoms with van der Waals surface area (Å²) in [6, 6.07) is 14.1. The lowest BCUT2D eigenvalue weighted by Crippen LogP contribution is -2.14. The highest BCUT2D eigenvalue weighted by Gasteiger charge is 2.09. The molecule has 0 bridgehead atoms. The van der Waals surface area contributed by atoms with Gasteiger partial charge in [0.25, 0.3) is 0 Å². The first kappa shape index (κ1) is 17.1. The van der Waals surface area contributed by atoms with Crippen LogP contribution in [-0.4, -0.2) is 12.5 Å². The van der Waals surface area contributed by atoms with E-state index >= 15 is 0 Å². The number of benzene rings is 2. The first-order valence-electron chi connectivity index (χ1n) is 8.24. The van der Waals surface area contributed by atoms with Crippen LogP contribution >= 0.6 is 0 Å². The third-order valence-electron chi connectivity index (χ3n) is 3.88. The van der Waals surface area contributed by atoms with Crippen molar-refractivity contribution < 1.29 is 9.53 Å². The predicted octanol–water partition coefficient (Wildman–Crippen LogP) is 4.53. The molecule has 2 aromatic rings. The van der Waals surface area contributed by atoms with Crippen LogP contribution in [0.4, 0.5) is 5.69 Å². The molecule has 3 heteroatoms. The van der Waals surface area contributed by atoms with Crippen LogP contribution in [0.25, 0.3) is 0 Å². The van der Waals surface area contributed by atoms with Crippen LogP contribution in [0, 0.1) is 6.92 Å². The van der Waals surface area contributed by atoms with Crippen LogP contribution in [0.15, 0.2) is 42.5 Å². The number of amides is 1. The number of hydrogen-bond acceptors (Lipinski definition) is 2. The van der Waals surface area contributed by atoms with Gasteiger partial charge in [0.15, 0.2) is 0 Å². The van der Waals surface area contributed by atoms with Gasteiger partial charge in [0.1, 0.15) is 5.75 Å². The Balaban J connectivity index is 1.93.